The van der Waals surface area contributed by atoms with E-state index >= 15 is 0 Å². The zero-order chi connectivity index (χ0) is 16.5. The minimum Gasteiger partial charge on any atom is -0.478 e. The highest BCUT2D eigenvalue weighted by atomic mass is 16.4. The van der Waals surface area contributed by atoms with Crippen molar-refractivity contribution in [3.63, 3.8) is 0 Å². The van der Waals surface area contributed by atoms with Gasteiger partial charge >= 0.3 is 5.97 Å². The van der Waals surface area contributed by atoms with Gasteiger partial charge in [-0.25, -0.2) is 9.31 Å². The van der Waals surface area contributed by atoms with Gasteiger partial charge in [0.15, 0.2) is 0 Å². The molecular weight excluding hydrogens is 302 g/mol. The molecule has 2 heterocycles. The quantitative estimate of drug-likeness (QED) is 0.587. The Labute approximate surface area is 138 Å². The number of nitrogens with zero attached hydrogens (tertiary/aromatic N) is 3. The number of carboxylic acids is 1. The van der Waals surface area contributed by atoms with E-state index in [2.05, 4.69) is 40.0 Å². The molecule has 2 aromatic carbocycles. The normalized spacial score (nSPS) is 11.7. The molecule has 0 aliphatic carbocycles. The molecule has 0 spiro atoms. The molecule has 0 radical (unpaired) electrons. The second-order valence-corrected chi connectivity index (χ2v) is 5.65. The van der Waals surface area contributed by atoms with Gasteiger partial charge in [-0.1, -0.05) is 36.4 Å². The molecule has 0 atom stereocenters. The summed E-state index contributed by atoms with van der Waals surface area (Å²) in [5.41, 5.74) is 2.84. The summed E-state index contributed by atoms with van der Waals surface area (Å²) in [6, 6.07) is 14.7. The third-order valence-corrected chi connectivity index (χ3v) is 4.03. The summed E-state index contributed by atoms with van der Waals surface area (Å²) in [5, 5.41) is 15.5. The molecule has 2 aromatic heterocycles. The summed E-state index contributed by atoms with van der Waals surface area (Å²) in [6.07, 6.45) is 8.20. The maximum absolute atomic E-state index is 10.7. The molecule has 0 unspecified atom stereocenters. The van der Waals surface area contributed by atoms with Gasteiger partial charge in [-0.15, -0.1) is 0 Å². The molecule has 0 bridgehead atoms. The zero-order valence-corrected chi connectivity index (χ0v) is 12.8. The van der Waals surface area contributed by atoms with Gasteiger partial charge in [-0.3, -0.25) is 0 Å². The number of aliphatic carboxylic acids is 1. The number of hydrogen-bond acceptors (Lipinski definition) is 2. The van der Waals surface area contributed by atoms with E-state index in [9.17, 15) is 4.79 Å². The monoisotopic (exact) mass is 317 g/mol. The van der Waals surface area contributed by atoms with Crippen LogP contribution in [-0.2, 0) is 11.3 Å². The first-order chi connectivity index (χ1) is 11.7. The van der Waals surface area contributed by atoms with E-state index in [1.165, 1.54) is 16.3 Å². The molecule has 24 heavy (non-hydrogen) atoms. The average Bonchev–Trinajstić information content (AvgIpc) is 3.16. The summed E-state index contributed by atoms with van der Waals surface area (Å²) < 4.78 is 3.82. The van der Waals surface area contributed by atoms with Gasteiger partial charge in [0.1, 0.15) is 5.65 Å². The number of carbonyl (C=O) groups is 1. The van der Waals surface area contributed by atoms with E-state index in [1.807, 2.05) is 24.5 Å². The molecule has 1 N–H and O–H groups in total. The molecule has 0 fully saturated rings. The summed E-state index contributed by atoms with van der Waals surface area (Å²) in [5.74, 6) is -0.970. The first kappa shape index (κ1) is 14.3. The van der Waals surface area contributed by atoms with Gasteiger partial charge in [-0.05, 0) is 28.5 Å². The summed E-state index contributed by atoms with van der Waals surface area (Å²) >= 11 is 0. The van der Waals surface area contributed by atoms with Gasteiger partial charge in [0.05, 0.1) is 6.20 Å². The van der Waals surface area contributed by atoms with E-state index in [-0.39, 0.29) is 0 Å². The summed E-state index contributed by atoms with van der Waals surface area (Å²) in [4.78, 5) is 10.7. The standard InChI is InChI=1S/C19H15N3O2/c23-18(24)8-7-17-12-20-22-10-9-21(19(17)22)13-14-5-6-15-3-1-2-4-16(15)11-14/h1-12H,13H2,(H,23,24). The number of aromatic nitrogens is 3. The Morgan fingerprint density at radius 3 is 2.79 bits per heavy atom. The molecule has 5 heteroatoms. The topological polar surface area (TPSA) is 59.5 Å². The molecule has 0 saturated heterocycles. The lowest BCUT2D eigenvalue weighted by molar-refractivity contribution is -0.131. The van der Waals surface area contributed by atoms with Crippen molar-refractivity contribution < 1.29 is 9.90 Å². The average molecular weight is 317 g/mol. The van der Waals surface area contributed by atoms with Crippen molar-refractivity contribution in [2.24, 2.45) is 0 Å². The third kappa shape index (κ3) is 2.56. The van der Waals surface area contributed by atoms with Crippen molar-refractivity contribution in [1.29, 1.82) is 0 Å². The highest BCUT2D eigenvalue weighted by Crippen LogP contribution is 2.19. The van der Waals surface area contributed by atoms with Gasteiger partial charge in [0.2, 0.25) is 0 Å². The van der Waals surface area contributed by atoms with Crippen LogP contribution in [0.4, 0.5) is 0 Å². The summed E-state index contributed by atoms with van der Waals surface area (Å²) in [6.45, 7) is 0.695. The van der Waals surface area contributed by atoms with Crippen LogP contribution in [-0.4, -0.2) is 25.3 Å². The molecule has 4 rings (SSSR count). The van der Waals surface area contributed by atoms with Crippen LogP contribution in [0.2, 0.25) is 0 Å². The van der Waals surface area contributed by atoms with Gasteiger partial charge in [0, 0.05) is 30.6 Å². The number of rotatable bonds is 4. The fourth-order valence-electron chi connectivity index (χ4n) is 2.93. The Kier molecular flexibility index (Phi) is 3.39. The molecule has 5 nitrogen and oxygen atoms in total. The molecule has 0 aliphatic heterocycles. The van der Waals surface area contributed by atoms with Crippen LogP contribution in [0.15, 0.2) is 67.1 Å². The number of fused-ring (bicyclic) bond motifs is 2. The van der Waals surface area contributed by atoms with Gasteiger partial charge in [0.25, 0.3) is 0 Å². The van der Waals surface area contributed by atoms with Crippen molar-refractivity contribution in [3.8, 4) is 0 Å². The van der Waals surface area contributed by atoms with Crippen molar-refractivity contribution in [1.82, 2.24) is 14.2 Å². The molecule has 118 valence electrons. The maximum atomic E-state index is 10.7. The smallest absolute Gasteiger partial charge is 0.328 e. The second kappa shape index (κ2) is 5.70. The van der Waals surface area contributed by atoms with E-state index in [1.54, 1.807) is 16.8 Å². The van der Waals surface area contributed by atoms with E-state index in [0.717, 1.165) is 17.3 Å². The first-order valence-corrected chi connectivity index (χ1v) is 7.62. The number of carboxylic acid groups (broad SMARTS) is 1. The highest BCUT2D eigenvalue weighted by Gasteiger charge is 2.08. The minimum absolute atomic E-state index is 0.695. The second-order valence-electron chi connectivity index (χ2n) is 5.65. The van der Waals surface area contributed by atoms with Crippen LogP contribution in [0.3, 0.4) is 0 Å². The number of hydrogen-bond donors (Lipinski definition) is 1. The lowest BCUT2D eigenvalue weighted by atomic mass is 10.1. The van der Waals surface area contributed by atoms with Crippen LogP contribution in [0.1, 0.15) is 11.1 Å². The maximum Gasteiger partial charge on any atom is 0.328 e. The largest absolute Gasteiger partial charge is 0.478 e. The molecule has 4 aromatic rings. The van der Waals surface area contributed by atoms with Gasteiger partial charge in [-0.2, -0.15) is 5.10 Å². The van der Waals surface area contributed by atoms with Crippen molar-refractivity contribution >= 4 is 28.5 Å². The fraction of sp³-hybridized carbons (Fsp3) is 0.0526. The number of imidazole rings is 1. The molecule has 0 saturated carbocycles. The first-order valence-electron chi connectivity index (χ1n) is 7.62. The van der Waals surface area contributed by atoms with Crippen LogP contribution < -0.4 is 0 Å². The zero-order valence-electron chi connectivity index (χ0n) is 12.8. The lowest BCUT2D eigenvalue weighted by Gasteiger charge is -2.06. The van der Waals surface area contributed by atoms with Crippen LogP contribution in [0, 0.1) is 0 Å². The van der Waals surface area contributed by atoms with Crippen molar-refractivity contribution in [2.75, 3.05) is 0 Å². The predicted octanol–water partition coefficient (Wildman–Crippen LogP) is 3.44. The molecular formula is C19H15N3O2. The van der Waals surface area contributed by atoms with E-state index in [4.69, 9.17) is 5.11 Å². The van der Waals surface area contributed by atoms with Crippen molar-refractivity contribution in [3.05, 3.63) is 78.3 Å². The Hall–Kier alpha value is -3.34. The number of benzene rings is 2. The lowest BCUT2D eigenvalue weighted by Crippen LogP contribution is -1.99. The van der Waals surface area contributed by atoms with Crippen molar-refractivity contribution in [2.45, 2.75) is 6.54 Å². The Morgan fingerprint density at radius 1 is 1.12 bits per heavy atom. The SMILES string of the molecule is O=C(O)C=Cc1cnn2ccn(Cc3ccc4ccccc4c3)c12. The Balaban J connectivity index is 1.73. The Morgan fingerprint density at radius 2 is 1.96 bits per heavy atom. The fourth-order valence-corrected chi connectivity index (χ4v) is 2.93. The summed E-state index contributed by atoms with van der Waals surface area (Å²) in [7, 11) is 0. The molecule has 0 amide bonds. The Bertz CT molecular complexity index is 1070. The molecule has 0 aliphatic rings. The van der Waals surface area contributed by atoms with Crippen LogP contribution in [0.5, 0.6) is 0 Å². The third-order valence-electron chi connectivity index (χ3n) is 4.03. The minimum atomic E-state index is -0.970. The van der Waals surface area contributed by atoms with Crippen LogP contribution >= 0.6 is 0 Å². The van der Waals surface area contributed by atoms with Crippen LogP contribution in [0.25, 0.3) is 22.5 Å². The highest BCUT2D eigenvalue weighted by molar-refractivity contribution is 5.87. The van der Waals surface area contributed by atoms with Gasteiger partial charge < -0.3 is 9.67 Å². The predicted molar refractivity (Wildman–Crippen MR) is 92.9 cm³/mol. The van der Waals surface area contributed by atoms with E-state index in [0.29, 0.717) is 6.54 Å². The van der Waals surface area contributed by atoms with E-state index < -0.39 is 5.97 Å².